The van der Waals surface area contributed by atoms with Gasteiger partial charge in [0, 0.05) is 19.6 Å². The van der Waals surface area contributed by atoms with Gasteiger partial charge >= 0.3 is 6.09 Å². The Bertz CT molecular complexity index is 308. The maximum absolute atomic E-state index is 12.0. The predicted molar refractivity (Wildman–Crippen MR) is 89.2 cm³/mol. The van der Waals surface area contributed by atoms with Gasteiger partial charge < -0.3 is 19.7 Å². The number of rotatable bonds is 8. The van der Waals surface area contributed by atoms with Gasteiger partial charge in [0.25, 0.3) is 0 Å². The van der Waals surface area contributed by atoms with E-state index in [1.807, 2.05) is 20.8 Å². The highest BCUT2D eigenvalue weighted by Gasteiger charge is 2.26. The van der Waals surface area contributed by atoms with Crippen LogP contribution in [0.5, 0.6) is 0 Å². The molecule has 1 saturated heterocycles. The van der Waals surface area contributed by atoms with Crippen LogP contribution in [0.2, 0.25) is 0 Å². The van der Waals surface area contributed by atoms with Gasteiger partial charge in [0.15, 0.2) is 0 Å². The van der Waals surface area contributed by atoms with E-state index in [0.717, 1.165) is 45.6 Å². The molecule has 0 spiro atoms. The number of carbonyl (C=O) groups is 1. The van der Waals surface area contributed by atoms with Gasteiger partial charge in [-0.1, -0.05) is 19.8 Å². The van der Waals surface area contributed by atoms with Crippen molar-refractivity contribution < 1.29 is 14.3 Å². The van der Waals surface area contributed by atoms with Crippen molar-refractivity contribution in [3.05, 3.63) is 0 Å². The van der Waals surface area contributed by atoms with Gasteiger partial charge in [-0.3, -0.25) is 0 Å². The lowest BCUT2D eigenvalue weighted by Gasteiger charge is -2.33. The topological polar surface area (TPSA) is 50.8 Å². The van der Waals surface area contributed by atoms with E-state index in [2.05, 4.69) is 12.2 Å². The fourth-order valence-corrected chi connectivity index (χ4v) is 2.45. The first-order valence-electron chi connectivity index (χ1n) is 8.72. The van der Waals surface area contributed by atoms with E-state index in [1.165, 1.54) is 19.3 Å². The van der Waals surface area contributed by atoms with Crippen LogP contribution >= 0.6 is 0 Å². The molecule has 130 valence electrons. The van der Waals surface area contributed by atoms with Gasteiger partial charge in [-0.2, -0.15) is 0 Å². The lowest BCUT2D eigenvalue weighted by Crippen LogP contribution is -2.43. The van der Waals surface area contributed by atoms with Crippen LogP contribution < -0.4 is 5.32 Å². The van der Waals surface area contributed by atoms with Crippen LogP contribution in [0.4, 0.5) is 4.79 Å². The predicted octanol–water partition coefficient (Wildman–Crippen LogP) is 3.18. The molecule has 1 N–H and O–H groups in total. The van der Waals surface area contributed by atoms with Gasteiger partial charge in [0.2, 0.25) is 0 Å². The van der Waals surface area contributed by atoms with Crippen molar-refractivity contribution in [2.75, 3.05) is 32.8 Å². The Labute approximate surface area is 135 Å². The van der Waals surface area contributed by atoms with E-state index in [9.17, 15) is 4.79 Å². The Morgan fingerprint density at radius 3 is 2.45 bits per heavy atom. The Balaban J connectivity index is 2.06. The van der Waals surface area contributed by atoms with Crippen molar-refractivity contribution in [1.29, 1.82) is 0 Å². The highest BCUT2D eigenvalue weighted by molar-refractivity contribution is 5.68. The first-order valence-corrected chi connectivity index (χ1v) is 8.72. The first-order chi connectivity index (χ1) is 10.4. The Morgan fingerprint density at radius 2 is 1.86 bits per heavy atom. The van der Waals surface area contributed by atoms with Crippen molar-refractivity contribution >= 4 is 6.09 Å². The normalized spacial score (nSPS) is 16.8. The Kier molecular flexibility index (Phi) is 8.79. The summed E-state index contributed by atoms with van der Waals surface area (Å²) in [7, 11) is 0. The molecule has 5 heteroatoms. The molecule has 1 heterocycles. The third kappa shape index (κ3) is 8.59. The van der Waals surface area contributed by atoms with Crippen LogP contribution in [-0.2, 0) is 9.47 Å². The molecule has 0 aliphatic carbocycles. The van der Waals surface area contributed by atoms with Crippen molar-refractivity contribution in [1.82, 2.24) is 10.2 Å². The smallest absolute Gasteiger partial charge is 0.410 e. The summed E-state index contributed by atoms with van der Waals surface area (Å²) in [6.45, 7) is 12.1. The number of carbonyl (C=O) groups excluding carboxylic acids is 1. The van der Waals surface area contributed by atoms with Crippen molar-refractivity contribution in [3.63, 3.8) is 0 Å². The molecule has 1 amide bonds. The Hall–Kier alpha value is -0.810. The van der Waals surface area contributed by atoms with E-state index in [-0.39, 0.29) is 12.2 Å². The lowest BCUT2D eigenvalue weighted by molar-refractivity contribution is -0.0104. The molecule has 1 aliphatic heterocycles. The fourth-order valence-electron chi connectivity index (χ4n) is 2.45. The van der Waals surface area contributed by atoms with Crippen molar-refractivity contribution in [3.8, 4) is 0 Å². The second-order valence-electron chi connectivity index (χ2n) is 6.99. The zero-order valence-electron chi connectivity index (χ0n) is 14.8. The number of hydrogen-bond acceptors (Lipinski definition) is 4. The average Bonchev–Trinajstić information content (AvgIpc) is 2.45. The molecule has 5 nitrogen and oxygen atoms in total. The first kappa shape index (κ1) is 19.2. The average molecular weight is 314 g/mol. The second-order valence-corrected chi connectivity index (χ2v) is 6.99. The quantitative estimate of drug-likeness (QED) is 0.699. The molecule has 0 radical (unpaired) electrons. The van der Waals surface area contributed by atoms with Crippen LogP contribution in [0.15, 0.2) is 0 Å². The zero-order chi connectivity index (χ0) is 16.4. The molecule has 1 aliphatic rings. The molecule has 0 unspecified atom stereocenters. The maximum Gasteiger partial charge on any atom is 0.410 e. The number of amides is 1. The van der Waals surface area contributed by atoms with Gasteiger partial charge in [-0.15, -0.1) is 0 Å². The minimum atomic E-state index is -0.423. The van der Waals surface area contributed by atoms with Gasteiger partial charge in [-0.25, -0.2) is 4.79 Å². The molecule has 0 aromatic heterocycles. The molecule has 1 fully saturated rings. The van der Waals surface area contributed by atoms with Crippen LogP contribution in [0.1, 0.15) is 59.8 Å². The Morgan fingerprint density at radius 1 is 1.18 bits per heavy atom. The highest BCUT2D eigenvalue weighted by Crippen LogP contribution is 2.17. The highest BCUT2D eigenvalue weighted by atomic mass is 16.6. The number of piperidine rings is 1. The zero-order valence-corrected chi connectivity index (χ0v) is 14.8. The number of unbranched alkanes of at least 4 members (excludes halogenated alkanes) is 2. The van der Waals surface area contributed by atoms with Crippen LogP contribution in [0.25, 0.3) is 0 Å². The summed E-state index contributed by atoms with van der Waals surface area (Å²) >= 11 is 0. The van der Waals surface area contributed by atoms with E-state index in [0.29, 0.717) is 0 Å². The van der Waals surface area contributed by atoms with Gasteiger partial charge in [0.1, 0.15) is 5.60 Å². The summed E-state index contributed by atoms with van der Waals surface area (Å²) in [5.74, 6) is 0. The van der Waals surface area contributed by atoms with E-state index < -0.39 is 5.60 Å². The summed E-state index contributed by atoms with van der Waals surface area (Å²) in [4.78, 5) is 13.7. The van der Waals surface area contributed by atoms with E-state index in [1.54, 1.807) is 4.90 Å². The second kappa shape index (κ2) is 10.1. The minimum Gasteiger partial charge on any atom is -0.444 e. The molecule has 1 rings (SSSR count). The van der Waals surface area contributed by atoms with E-state index >= 15 is 0 Å². The number of nitrogens with one attached hydrogen (secondary N) is 1. The molecule has 0 aromatic rings. The fraction of sp³-hybridized carbons (Fsp3) is 0.941. The molecule has 0 saturated carbocycles. The number of hydrogen-bond donors (Lipinski definition) is 1. The molecular weight excluding hydrogens is 280 g/mol. The summed E-state index contributed by atoms with van der Waals surface area (Å²) in [5, 5.41) is 3.40. The SMILES string of the molecule is CCCCCNCCOC1CCN(C(=O)OC(C)(C)C)CC1. The summed E-state index contributed by atoms with van der Waals surface area (Å²) in [6.07, 6.45) is 5.65. The summed E-state index contributed by atoms with van der Waals surface area (Å²) in [5.41, 5.74) is -0.423. The van der Waals surface area contributed by atoms with Gasteiger partial charge in [0.05, 0.1) is 12.7 Å². The number of nitrogens with zero attached hydrogens (tertiary/aromatic N) is 1. The summed E-state index contributed by atoms with van der Waals surface area (Å²) < 4.78 is 11.3. The standard InChI is InChI=1S/C17H34N2O3/c1-5-6-7-10-18-11-14-21-15-8-12-19(13-9-15)16(20)22-17(2,3)4/h15,18H,5-14H2,1-4H3. The summed E-state index contributed by atoms with van der Waals surface area (Å²) in [6, 6.07) is 0. The molecular formula is C17H34N2O3. The molecule has 0 bridgehead atoms. The lowest BCUT2D eigenvalue weighted by atomic mass is 10.1. The molecule has 0 atom stereocenters. The molecule has 0 aromatic carbocycles. The maximum atomic E-state index is 12.0. The van der Waals surface area contributed by atoms with Crippen molar-refractivity contribution in [2.24, 2.45) is 0 Å². The monoisotopic (exact) mass is 314 g/mol. The van der Waals surface area contributed by atoms with Crippen LogP contribution in [-0.4, -0.2) is 55.5 Å². The third-order valence-corrected chi connectivity index (χ3v) is 3.68. The van der Waals surface area contributed by atoms with Gasteiger partial charge in [-0.05, 0) is 46.6 Å². The molecule has 22 heavy (non-hydrogen) atoms. The largest absolute Gasteiger partial charge is 0.444 e. The minimum absolute atomic E-state index is 0.205. The number of likely N-dealkylation sites (tertiary alicyclic amines) is 1. The van der Waals surface area contributed by atoms with E-state index in [4.69, 9.17) is 9.47 Å². The van der Waals surface area contributed by atoms with Crippen LogP contribution in [0.3, 0.4) is 0 Å². The number of ether oxygens (including phenoxy) is 2. The van der Waals surface area contributed by atoms with Crippen LogP contribution in [0, 0.1) is 0 Å². The third-order valence-electron chi connectivity index (χ3n) is 3.68. The van der Waals surface area contributed by atoms with Crippen molar-refractivity contribution in [2.45, 2.75) is 71.5 Å².